The molecule has 0 atom stereocenters. The van der Waals surface area contributed by atoms with Crippen molar-refractivity contribution in [3.8, 4) is 16.9 Å². The van der Waals surface area contributed by atoms with Gasteiger partial charge in [0.05, 0.1) is 22.3 Å². The highest BCUT2D eigenvalue weighted by Gasteiger charge is 2.13. The van der Waals surface area contributed by atoms with E-state index >= 15 is 0 Å². The van der Waals surface area contributed by atoms with E-state index in [4.69, 9.17) is 0 Å². The average molecular weight is 459 g/mol. The number of amides is 1. The molecule has 0 fully saturated rings. The van der Waals surface area contributed by atoms with Gasteiger partial charge in [0.2, 0.25) is 0 Å². The molecule has 8 heteroatoms. The summed E-state index contributed by atoms with van der Waals surface area (Å²) in [5.41, 5.74) is 3.59. The first-order valence-electron chi connectivity index (χ1n) is 9.91. The topological polar surface area (TPSA) is 76.9 Å². The zero-order valence-corrected chi connectivity index (χ0v) is 19.0. The van der Waals surface area contributed by atoms with Crippen LogP contribution in [0.4, 0.5) is 5.13 Å². The Hall–Kier alpha value is -3.62. The predicted octanol–water partition coefficient (Wildman–Crippen LogP) is 5.44. The minimum atomic E-state index is -0.250. The minimum absolute atomic E-state index is 0.151. The number of hydrogen-bond acceptors (Lipinski definition) is 6. The Kier molecular flexibility index (Phi) is 5.16. The molecule has 0 saturated carbocycles. The number of carbonyl (C=O) groups is 1. The molecule has 5 aromatic rings. The van der Waals surface area contributed by atoms with Gasteiger partial charge in [0, 0.05) is 26.3 Å². The van der Waals surface area contributed by atoms with E-state index in [1.165, 1.54) is 32.0 Å². The molecule has 6 nitrogen and oxygen atoms in total. The van der Waals surface area contributed by atoms with Gasteiger partial charge in [-0.2, -0.15) is 0 Å². The fourth-order valence-corrected chi connectivity index (χ4v) is 5.17. The van der Waals surface area contributed by atoms with Crippen molar-refractivity contribution < 1.29 is 4.79 Å². The third-order valence-corrected chi connectivity index (χ3v) is 6.84. The van der Waals surface area contributed by atoms with Crippen LogP contribution in [0, 0.1) is 13.8 Å². The standard InChI is InChI=1S/C24H18N4O2S2/c1-14-11-19(15(2)32-14)21-12-31-24(26-21)27-22(29)16-7-9-17(10-8-16)28-13-25-20-6-4-3-5-18(20)23(28)30/h3-13H,1-2H3,(H,26,27,29). The summed E-state index contributed by atoms with van der Waals surface area (Å²) in [5.74, 6) is -0.250. The van der Waals surface area contributed by atoms with Crippen molar-refractivity contribution >= 4 is 44.6 Å². The number of aryl methyl sites for hydroxylation is 2. The van der Waals surface area contributed by atoms with Gasteiger partial charge in [0.15, 0.2) is 5.13 Å². The Bertz CT molecular complexity index is 1510. The molecule has 1 N–H and O–H groups in total. The van der Waals surface area contributed by atoms with Gasteiger partial charge in [-0.1, -0.05) is 12.1 Å². The molecule has 0 unspecified atom stereocenters. The summed E-state index contributed by atoms with van der Waals surface area (Å²) in [4.78, 5) is 36.8. The Morgan fingerprint density at radius 1 is 1.06 bits per heavy atom. The molecule has 158 valence electrons. The largest absolute Gasteiger partial charge is 0.298 e. The van der Waals surface area contributed by atoms with Crippen molar-refractivity contribution in [2.24, 2.45) is 0 Å². The van der Waals surface area contributed by atoms with E-state index in [0.29, 0.717) is 27.3 Å². The van der Waals surface area contributed by atoms with Crippen LogP contribution in [-0.2, 0) is 0 Å². The fraction of sp³-hybridized carbons (Fsp3) is 0.0833. The van der Waals surface area contributed by atoms with Crippen LogP contribution in [0.25, 0.3) is 27.8 Å². The zero-order valence-electron chi connectivity index (χ0n) is 17.3. The Morgan fingerprint density at radius 3 is 2.59 bits per heavy atom. The summed E-state index contributed by atoms with van der Waals surface area (Å²) >= 11 is 3.13. The van der Waals surface area contributed by atoms with Gasteiger partial charge in [0.25, 0.3) is 11.5 Å². The molecule has 32 heavy (non-hydrogen) atoms. The Morgan fingerprint density at radius 2 is 1.84 bits per heavy atom. The van der Waals surface area contributed by atoms with Crippen LogP contribution in [0.2, 0.25) is 0 Å². The SMILES string of the molecule is Cc1cc(-c2csc(NC(=O)c3ccc(-n4cnc5ccccc5c4=O)cc3)n2)c(C)s1. The van der Waals surface area contributed by atoms with E-state index in [1.807, 2.05) is 17.5 Å². The normalized spacial score (nSPS) is 11.1. The second kappa shape index (κ2) is 8.14. The highest BCUT2D eigenvalue weighted by molar-refractivity contribution is 7.14. The van der Waals surface area contributed by atoms with Crippen molar-refractivity contribution in [1.29, 1.82) is 0 Å². The summed E-state index contributed by atoms with van der Waals surface area (Å²) in [6, 6.07) is 16.2. The summed E-state index contributed by atoms with van der Waals surface area (Å²) in [6.45, 7) is 4.14. The van der Waals surface area contributed by atoms with Gasteiger partial charge in [-0.05, 0) is 56.3 Å². The number of hydrogen-bond donors (Lipinski definition) is 1. The van der Waals surface area contributed by atoms with E-state index in [1.54, 1.807) is 47.7 Å². The van der Waals surface area contributed by atoms with Crippen molar-refractivity contribution in [3.05, 3.63) is 92.0 Å². The maximum atomic E-state index is 12.8. The predicted molar refractivity (Wildman–Crippen MR) is 130 cm³/mol. The smallest absolute Gasteiger partial charge is 0.265 e. The number of benzene rings is 2. The third kappa shape index (κ3) is 3.74. The van der Waals surface area contributed by atoms with Crippen LogP contribution in [0.3, 0.4) is 0 Å². The number of thiazole rings is 1. The molecule has 0 bridgehead atoms. The Labute approximate surface area is 191 Å². The van der Waals surface area contributed by atoms with Crippen molar-refractivity contribution in [2.45, 2.75) is 13.8 Å². The van der Waals surface area contributed by atoms with Crippen LogP contribution < -0.4 is 10.9 Å². The first-order valence-corrected chi connectivity index (χ1v) is 11.6. The maximum Gasteiger partial charge on any atom is 0.265 e. The summed E-state index contributed by atoms with van der Waals surface area (Å²) < 4.78 is 1.47. The first kappa shape index (κ1) is 20.3. The summed E-state index contributed by atoms with van der Waals surface area (Å²) in [5, 5.41) is 5.91. The lowest BCUT2D eigenvalue weighted by atomic mass is 10.2. The van der Waals surface area contributed by atoms with Gasteiger partial charge in [-0.25, -0.2) is 9.97 Å². The number of para-hydroxylation sites is 1. The highest BCUT2D eigenvalue weighted by atomic mass is 32.1. The lowest BCUT2D eigenvalue weighted by Gasteiger charge is -2.08. The van der Waals surface area contributed by atoms with E-state index < -0.39 is 0 Å². The van der Waals surface area contributed by atoms with Crippen LogP contribution in [0.5, 0.6) is 0 Å². The molecule has 3 heterocycles. The van der Waals surface area contributed by atoms with Gasteiger partial charge >= 0.3 is 0 Å². The van der Waals surface area contributed by atoms with Gasteiger partial charge < -0.3 is 0 Å². The molecule has 1 amide bonds. The van der Waals surface area contributed by atoms with Crippen LogP contribution in [0.15, 0.2) is 71.1 Å². The monoisotopic (exact) mass is 458 g/mol. The molecular weight excluding hydrogens is 440 g/mol. The van der Waals surface area contributed by atoms with Crippen LogP contribution in [0.1, 0.15) is 20.1 Å². The van der Waals surface area contributed by atoms with E-state index in [9.17, 15) is 9.59 Å². The van der Waals surface area contributed by atoms with Crippen molar-refractivity contribution in [2.75, 3.05) is 5.32 Å². The molecule has 0 saturated heterocycles. The minimum Gasteiger partial charge on any atom is -0.298 e. The lowest BCUT2D eigenvalue weighted by molar-refractivity contribution is 0.102. The number of nitrogens with one attached hydrogen (secondary N) is 1. The number of aromatic nitrogens is 3. The molecule has 2 aromatic carbocycles. The zero-order chi connectivity index (χ0) is 22.2. The molecule has 5 rings (SSSR count). The van der Waals surface area contributed by atoms with E-state index in [-0.39, 0.29) is 11.5 Å². The second-order valence-electron chi connectivity index (χ2n) is 7.30. The summed E-state index contributed by atoms with van der Waals surface area (Å²) in [6.07, 6.45) is 1.50. The molecule has 0 aliphatic carbocycles. The molecule has 3 aromatic heterocycles. The number of fused-ring (bicyclic) bond motifs is 1. The third-order valence-electron chi connectivity index (χ3n) is 5.11. The first-order chi connectivity index (χ1) is 15.5. The van der Waals surface area contributed by atoms with Crippen molar-refractivity contribution in [1.82, 2.24) is 14.5 Å². The highest BCUT2D eigenvalue weighted by Crippen LogP contribution is 2.32. The van der Waals surface area contributed by atoms with E-state index in [0.717, 1.165) is 11.3 Å². The van der Waals surface area contributed by atoms with E-state index in [2.05, 4.69) is 35.2 Å². The number of thiophene rings is 1. The summed E-state index contributed by atoms with van der Waals surface area (Å²) in [7, 11) is 0. The van der Waals surface area contributed by atoms with Crippen LogP contribution in [-0.4, -0.2) is 20.4 Å². The Balaban J connectivity index is 1.36. The van der Waals surface area contributed by atoms with Crippen molar-refractivity contribution in [3.63, 3.8) is 0 Å². The molecule has 0 aliphatic rings. The second-order valence-corrected chi connectivity index (χ2v) is 9.62. The number of rotatable bonds is 4. The molecule has 0 spiro atoms. The van der Waals surface area contributed by atoms with Gasteiger partial charge in [-0.15, -0.1) is 22.7 Å². The number of nitrogens with zero attached hydrogens (tertiary/aromatic N) is 3. The van der Waals surface area contributed by atoms with Gasteiger partial charge in [-0.3, -0.25) is 19.5 Å². The lowest BCUT2D eigenvalue weighted by Crippen LogP contribution is -2.19. The number of anilines is 1. The fourth-order valence-electron chi connectivity index (χ4n) is 3.54. The van der Waals surface area contributed by atoms with Crippen LogP contribution >= 0.6 is 22.7 Å². The molecule has 0 aliphatic heterocycles. The molecular formula is C24H18N4O2S2. The maximum absolute atomic E-state index is 12.8. The van der Waals surface area contributed by atoms with Gasteiger partial charge in [0.1, 0.15) is 6.33 Å². The quantitative estimate of drug-likeness (QED) is 0.389. The molecule has 0 radical (unpaired) electrons. The average Bonchev–Trinajstić information content (AvgIpc) is 3.39. The number of carbonyl (C=O) groups excluding carboxylic acids is 1.